The Bertz CT molecular complexity index is 1260. The van der Waals surface area contributed by atoms with Gasteiger partial charge in [-0.15, -0.1) is 9.92 Å². The molecule has 3 aromatic rings. The molecule has 0 aromatic heterocycles. The predicted octanol–water partition coefficient (Wildman–Crippen LogP) is 4.22. The molecule has 33 heavy (non-hydrogen) atoms. The number of sulfone groups is 1. The molecule has 0 bridgehead atoms. The Labute approximate surface area is 192 Å². The zero-order valence-corrected chi connectivity index (χ0v) is 18.9. The second-order valence-electron chi connectivity index (χ2n) is 7.93. The van der Waals surface area contributed by atoms with Crippen molar-refractivity contribution in [1.82, 2.24) is 10.6 Å². The minimum absolute atomic E-state index is 0.105. The van der Waals surface area contributed by atoms with Gasteiger partial charge in [0.1, 0.15) is 0 Å². The SMILES string of the molecule is CC(NC(=O)N(N=O)c1ccc(S(=O)(=O)Cc2ccc3c(c2)CNC3)cc1)c1ccccc1. The fourth-order valence-corrected chi connectivity index (χ4v) is 5.14. The number of benzene rings is 3. The first-order valence-corrected chi connectivity index (χ1v) is 12.2. The summed E-state index contributed by atoms with van der Waals surface area (Å²) in [6.45, 7) is 3.32. The number of nitrogens with zero attached hydrogens (tertiary/aromatic N) is 2. The van der Waals surface area contributed by atoms with Gasteiger partial charge in [0.15, 0.2) is 9.84 Å². The maximum Gasteiger partial charge on any atom is 0.345 e. The first-order chi connectivity index (χ1) is 15.9. The van der Waals surface area contributed by atoms with Crippen LogP contribution >= 0.6 is 0 Å². The summed E-state index contributed by atoms with van der Waals surface area (Å²) in [5.41, 5.74) is 4.06. The maximum absolute atomic E-state index is 12.9. The Morgan fingerprint density at radius 2 is 1.73 bits per heavy atom. The molecule has 1 aliphatic rings. The first kappa shape index (κ1) is 22.6. The first-order valence-electron chi connectivity index (χ1n) is 10.5. The monoisotopic (exact) mass is 464 g/mol. The number of hydrogen-bond donors (Lipinski definition) is 2. The fraction of sp³-hybridized carbons (Fsp3) is 0.208. The highest BCUT2D eigenvalue weighted by molar-refractivity contribution is 7.90. The number of hydrogen-bond acceptors (Lipinski definition) is 6. The van der Waals surface area contributed by atoms with E-state index in [1.807, 2.05) is 48.5 Å². The molecule has 0 spiro atoms. The molecule has 3 aromatic carbocycles. The fourth-order valence-electron chi connectivity index (χ4n) is 3.81. The van der Waals surface area contributed by atoms with E-state index in [2.05, 4.69) is 15.9 Å². The molecule has 9 heteroatoms. The third kappa shape index (κ3) is 5.10. The van der Waals surface area contributed by atoms with Crippen LogP contribution in [0.3, 0.4) is 0 Å². The molecule has 0 radical (unpaired) electrons. The summed E-state index contributed by atoms with van der Waals surface area (Å²) >= 11 is 0. The Hall–Kier alpha value is -3.56. The van der Waals surface area contributed by atoms with Crippen molar-refractivity contribution >= 4 is 21.6 Å². The van der Waals surface area contributed by atoms with Crippen LogP contribution in [0.1, 0.15) is 35.2 Å². The number of rotatable bonds is 7. The van der Waals surface area contributed by atoms with Crippen molar-refractivity contribution in [3.8, 4) is 0 Å². The summed E-state index contributed by atoms with van der Waals surface area (Å²) in [7, 11) is -3.60. The quantitative estimate of drug-likeness (QED) is 0.402. The third-order valence-electron chi connectivity index (χ3n) is 5.61. The molecule has 0 fully saturated rings. The van der Waals surface area contributed by atoms with E-state index in [-0.39, 0.29) is 22.4 Å². The minimum atomic E-state index is -3.60. The highest BCUT2D eigenvalue weighted by Crippen LogP contribution is 2.24. The molecule has 1 unspecified atom stereocenters. The molecular weight excluding hydrogens is 440 g/mol. The van der Waals surface area contributed by atoms with Crippen LogP contribution in [0.4, 0.5) is 10.5 Å². The van der Waals surface area contributed by atoms with Gasteiger partial charge in [0.25, 0.3) is 0 Å². The van der Waals surface area contributed by atoms with Crippen LogP contribution in [0, 0.1) is 4.91 Å². The van der Waals surface area contributed by atoms with Gasteiger partial charge in [-0.2, -0.15) is 0 Å². The van der Waals surface area contributed by atoms with E-state index < -0.39 is 15.9 Å². The number of urea groups is 1. The highest BCUT2D eigenvalue weighted by atomic mass is 32.2. The Morgan fingerprint density at radius 1 is 1.03 bits per heavy atom. The van der Waals surface area contributed by atoms with E-state index in [1.54, 1.807) is 6.92 Å². The number of nitroso groups, excluding NO2 is 1. The van der Waals surface area contributed by atoms with E-state index in [0.717, 1.165) is 24.2 Å². The molecule has 0 saturated carbocycles. The molecule has 2 amide bonds. The lowest BCUT2D eigenvalue weighted by Gasteiger charge is -2.19. The molecule has 170 valence electrons. The van der Waals surface area contributed by atoms with Crippen molar-refractivity contribution in [2.24, 2.45) is 5.29 Å². The van der Waals surface area contributed by atoms with E-state index in [1.165, 1.54) is 29.8 Å². The van der Waals surface area contributed by atoms with E-state index >= 15 is 0 Å². The van der Waals surface area contributed by atoms with Crippen molar-refractivity contribution in [3.63, 3.8) is 0 Å². The standard InChI is InChI=1S/C24H24N4O4S/c1-17(19-5-3-2-4-6-19)26-24(29)28(27-30)22-9-11-23(12-10-22)33(31,32)16-18-7-8-20-14-25-15-21(20)13-18/h2-13,17,25H,14-16H2,1H3,(H,26,29). The summed E-state index contributed by atoms with van der Waals surface area (Å²) in [6.07, 6.45) is 0. The largest absolute Gasteiger partial charge is 0.345 e. The zero-order chi connectivity index (χ0) is 23.4. The van der Waals surface area contributed by atoms with Gasteiger partial charge in [-0.3, -0.25) is 0 Å². The molecule has 0 aliphatic carbocycles. The van der Waals surface area contributed by atoms with Crippen LogP contribution in [0.5, 0.6) is 0 Å². The summed E-state index contributed by atoms with van der Waals surface area (Å²) in [4.78, 5) is 24.1. The van der Waals surface area contributed by atoms with Gasteiger partial charge < -0.3 is 10.6 Å². The molecule has 8 nitrogen and oxygen atoms in total. The molecular formula is C24H24N4O4S. The van der Waals surface area contributed by atoms with E-state index in [9.17, 15) is 18.1 Å². The van der Waals surface area contributed by atoms with Crippen molar-refractivity contribution < 1.29 is 13.2 Å². The second kappa shape index (κ2) is 9.51. The summed E-state index contributed by atoms with van der Waals surface area (Å²) < 4.78 is 25.8. The lowest BCUT2D eigenvalue weighted by Crippen LogP contribution is -2.37. The molecule has 1 heterocycles. The number of carbonyl (C=O) groups is 1. The number of nitrogens with one attached hydrogen (secondary N) is 2. The third-order valence-corrected chi connectivity index (χ3v) is 7.32. The van der Waals surface area contributed by atoms with Gasteiger partial charge >= 0.3 is 6.03 Å². The van der Waals surface area contributed by atoms with Gasteiger partial charge in [-0.05, 0) is 53.4 Å². The lowest BCUT2D eigenvalue weighted by atomic mass is 10.1. The predicted molar refractivity (Wildman–Crippen MR) is 126 cm³/mol. The topological polar surface area (TPSA) is 108 Å². The van der Waals surface area contributed by atoms with Gasteiger partial charge in [0, 0.05) is 13.1 Å². The molecule has 1 atom stereocenters. The van der Waals surface area contributed by atoms with Crippen LogP contribution in [0.2, 0.25) is 0 Å². The Kier molecular flexibility index (Phi) is 6.52. The van der Waals surface area contributed by atoms with Crippen molar-refractivity contribution in [3.05, 3.63) is 100.0 Å². The van der Waals surface area contributed by atoms with Gasteiger partial charge in [0.05, 0.1) is 27.7 Å². The Balaban J connectivity index is 1.46. The van der Waals surface area contributed by atoms with Crippen molar-refractivity contribution in [2.45, 2.75) is 36.7 Å². The number of amides is 2. The molecule has 4 rings (SSSR count). The van der Waals surface area contributed by atoms with Crippen molar-refractivity contribution in [1.29, 1.82) is 0 Å². The average molecular weight is 465 g/mol. The molecule has 2 N–H and O–H groups in total. The number of anilines is 1. The Morgan fingerprint density at radius 3 is 2.42 bits per heavy atom. The average Bonchev–Trinajstić information content (AvgIpc) is 3.28. The molecule has 0 saturated heterocycles. The highest BCUT2D eigenvalue weighted by Gasteiger charge is 2.22. The summed E-state index contributed by atoms with van der Waals surface area (Å²) in [5, 5.41) is 9.44. The number of fused-ring (bicyclic) bond motifs is 1. The minimum Gasteiger partial charge on any atom is -0.330 e. The maximum atomic E-state index is 12.9. The van der Waals surface area contributed by atoms with Crippen LogP contribution in [0.25, 0.3) is 0 Å². The van der Waals surface area contributed by atoms with Crippen LogP contribution in [0.15, 0.2) is 83.0 Å². The van der Waals surface area contributed by atoms with Gasteiger partial charge in [0.2, 0.25) is 0 Å². The normalized spacial score (nSPS) is 13.7. The smallest absolute Gasteiger partial charge is 0.330 e. The summed E-state index contributed by atoms with van der Waals surface area (Å²) in [5.74, 6) is -0.135. The van der Waals surface area contributed by atoms with Crippen LogP contribution in [-0.2, 0) is 28.7 Å². The van der Waals surface area contributed by atoms with Gasteiger partial charge in [-0.1, -0.05) is 48.5 Å². The zero-order valence-electron chi connectivity index (χ0n) is 18.1. The van der Waals surface area contributed by atoms with E-state index in [0.29, 0.717) is 10.6 Å². The van der Waals surface area contributed by atoms with Gasteiger partial charge in [-0.25, -0.2) is 13.2 Å². The van der Waals surface area contributed by atoms with Crippen LogP contribution < -0.4 is 15.6 Å². The van der Waals surface area contributed by atoms with Crippen LogP contribution in [-0.4, -0.2) is 14.4 Å². The second-order valence-corrected chi connectivity index (χ2v) is 9.92. The summed E-state index contributed by atoms with van der Waals surface area (Å²) in [6, 6.07) is 19.5. The number of carbonyl (C=O) groups excluding carboxylic acids is 1. The van der Waals surface area contributed by atoms with Crippen molar-refractivity contribution in [2.75, 3.05) is 5.01 Å². The molecule has 1 aliphatic heterocycles. The lowest BCUT2D eigenvalue weighted by molar-refractivity contribution is 0.243. The van der Waals surface area contributed by atoms with E-state index in [4.69, 9.17) is 0 Å².